The van der Waals surface area contributed by atoms with Crippen LogP contribution in [0, 0.1) is 23.1 Å². The number of aryl methyl sites for hydroxylation is 1. The number of pyridine rings is 1. The van der Waals surface area contributed by atoms with E-state index in [2.05, 4.69) is 6.92 Å². The number of rotatable bonds is 16. The van der Waals surface area contributed by atoms with Crippen LogP contribution in [-0.4, -0.2) is 29.7 Å². The first kappa shape index (κ1) is 33.7. The average molecular weight is 537 g/mol. The second-order valence-electron chi connectivity index (χ2n) is 9.02. The summed E-state index contributed by atoms with van der Waals surface area (Å²) in [5, 5.41) is 9.48. The number of unbranched alkanes of at least 4 members (excludes halogenated alkanes) is 9. The molecule has 0 atom stereocenters. The number of carbonyl (C=O) groups is 2. The number of carbonyl (C=O) groups excluding carboxylic acids is 2. The van der Waals surface area contributed by atoms with Crippen LogP contribution in [0.3, 0.4) is 0 Å². The van der Waals surface area contributed by atoms with E-state index in [0.717, 1.165) is 31.7 Å². The Bertz CT molecular complexity index is 1160. The number of hydrogen-bond acceptors (Lipinski definition) is 6. The maximum atomic E-state index is 15.0. The molecular weight excluding hydrogens is 498 g/mol. The first-order valence-electron chi connectivity index (χ1n) is 13.4. The number of ether oxygens (including phenoxy) is 2. The van der Waals surface area contributed by atoms with Gasteiger partial charge >= 0.3 is 35.5 Å². The van der Waals surface area contributed by atoms with Crippen LogP contribution in [0.5, 0.6) is 0 Å². The van der Waals surface area contributed by atoms with Crippen molar-refractivity contribution in [1.82, 2.24) is 4.57 Å². The standard InChI is InChI=1S/C29H38FN2O5.Na/c1-4-7-8-9-10-11-12-13-14-15-16-32-20-24(29(35)37-6-3)27(33)22-17-25(30)21(18-26(22)32)23(19-31)28(34)36-5-2;/h17-18,20H,4-16H2,1-3H3;/q-1;+1. The van der Waals surface area contributed by atoms with Crippen LogP contribution in [-0.2, 0) is 20.8 Å². The normalized spacial score (nSPS) is 10.5. The molecule has 7 nitrogen and oxygen atoms in total. The quantitative estimate of drug-likeness (QED) is 0.141. The topological polar surface area (TPSA) is 98.4 Å². The zero-order valence-corrected chi connectivity index (χ0v) is 25.2. The van der Waals surface area contributed by atoms with Crippen molar-refractivity contribution in [1.29, 1.82) is 5.26 Å². The smallest absolute Gasteiger partial charge is 0.471 e. The molecule has 2 rings (SSSR count). The molecule has 0 aliphatic heterocycles. The maximum Gasteiger partial charge on any atom is 1.00 e. The third-order valence-electron chi connectivity index (χ3n) is 6.28. The number of hydrogen-bond donors (Lipinski definition) is 0. The fourth-order valence-electron chi connectivity index (χ4n) is 4.33. The Morgan fingerprint density at radius 3 is 2.08 bits per heavy atom. The van der Waals surface area contributed by atoms with Gasteiger partial charge in [-0.05, 0) is 25.8 Å². The molecule has 0 radical (unpaired) electrons. The second kappa shape index (κ2) is 18.0. The van der Waals surface area contributed by atoms with Crippen molar-refractivity contribution in [3.8, 4) is 6.07 Å². The molecule has 0 unspecified atom stereocenters. The summed E-state index contributed by atoms with van der Waals surface area (Å²) in [5.41, 5.74) is -0.743. The molecule has 0 fully saturated rings. The van der Waals surface area contributed by atoms with Crippen molar-refractivity contribution in [3.05, 3.63) is 51.4 Å². The molecule has 0 aliphatic carbocycles. The van der Waals surface area contributed by atoms with Crippen LogP contribution in [0.4, 0.5) is 4.39 Å². The minimum Gasteiger partial charge on any atom is -0.471 e. The SMILES string of the molecule is CCCCCCCCCCCCn1cc(C(=O)OCC)c(=O)c2cc(F)c([C-](C#N)C(=O)OCC)cc21.[Na+]. The minimum absolute atomic E-state index is 0. The largest absolute Gasteiger partial charge is 1.00 e. The molecule has 0 saturated carbocycles. The number of fused-ring (bicyclic) bond motifs is 1. The van der Waals surface area contributed by atoms with Crippen molar-refractivity contribution >= 4 is 22.8 Å². The monoisotopic (exact) mass is 536 g/mol. The van der Waals surface area contributed by atoms with Gasteiger partial charge in [0.25, 0.3) is 5.97 Å². The summed E-state index contributed by atoms with van der Waals surface area (Å²) in [6.07, 6.45) is 13.0. The summed E-state index contributed by atoms with van der Waals surface area (Å²) in [7, 11) is 0. The fraction of sp³-hybridized carbons (Fsp3) is 0.552. The van der Waals surface area contributed by atoms with Gasteiger partial charge in [-0.25, -0.2) is 10.1 Å². The Morgan fingerprint density at radius 1 is 0.947 bits per heavy atom. The number of halogens is 1. The van der Waals surface area contributed by atoms with Crippen LogP contribution >= 0.6 is 0 Å². The van der Waals surface area contributed by atoms with Gasteiger partial charge in [0.05, 0.1) is 13.2 Å². The predicted molar refractivity (Wildman–Crippen MR) is 141 cm³/mol. The Kier molecular flexibility index (Phi) is 16.0. The Labute approximate surface area is 247 Å². The molecule has 0 saturated heterocycles. The fourth-order valence-corrected chi connectivity index (χ4v) is 4.33. The molecule has 2 aromatic rings. The zero-order valence-electron chi connectivity index (χ0n) is 23.2. The van der Waals surface area contributed by atoms with E-state index in [4.69, 9.17) is 9.47 Å². The van der Waals surface area contributed by atoms with Gasteiger partial charge in [-0.1, -0.05) is 70.8 Å². The molecule has 0 spiro atoms. The number of esters is 2. The molecule has 38 heavy (non-hydrogen) atoms. The molecule has 1 aromatic heterocycles. The van der Waals surface area contributed by atoms with Crippen molar-refractivity contribution < 1.29 is 53.0 Å². The van der Waals surface area contributed by atoms with Crippen LogP contribution in [0.25, 0.3) is 10.9 Å². The van der Waals surface area contributed by atoms with Crippen molar-refractivity contribution in [2.24, 2.45) is 0 Å². The summed E-state index contributed by atoms with van der Waals surface area (Å²) < 4.78 is 26.7. The minimum atomic E-state index is -0.935. The van der Waals surface area contributed by atoms with E-state index in [1.54, 1.807) is 24.5 Å². The number of nitriles is 1. The van der Waals surface area contributed by atoms with Crippen LogP contribution in [0.15, 0.2) is 23.1 Å². The summed E-state index contributed by atoms with van der Waals surface area (Å²) in [6, 6.07) is 4.00. The molecule has 0 amide bonds. The number of aromatic nitrogens is 1. The van der Waals surface area contributed by atoms with Crippen LogP contribution in [0.1, 0.15) is 101 Å². The zero-order chi connectivity index (χ0) is 27.2. The number of nitrogens with zero attached hydrogens (tertiary/aromatic N) is 2. The van der Waals surface area contributed by atoms with Crippen molar-refractivity contribution in [2.45, 2.75) is 91.5 Å². The van der Waals surface area contributed by atoms with Gasteiger partial charge < -0.3 is 14.0 Å². The maximum absolute atomic E-state index is 15.0. The summed E-state index contributed by atoms with van der Waals surface area (Å²) >= 11 is 0. The predicted octanol–water partition coefficient (Wildman–Crippen LogP) is 3.25. The Hall–Kier alpha value is -2.34. The molecule has 1 aromatic carbocycles. The van der Waals surface area contributed by atoms with Gasteiger partial charge in [-0.2, -0.15) is 0 Å². The molecular formula is C29H38FN2NaO5. The number of benzene rings is 1. The molecule has 0 N–H and O–H groups in total. The average Bonchev–Trinajstić information content (AvgIpc) is 2.87. The third-order valence-corrected chi connectivity index (χ3v) is 6.28. The Morgan fingerprint density at radius 2 is 1.53 bits per heavy atom. The summed E-state index contributed by atoms with van der Waals surface area (Å²) in [4.78, 5) is 37.7. The van der Waals surface area contributed by atoms with Gasteiger partial charge in [0.1, 0.15) is 5.56 Å². The van der Waals surface area contributed by atoms with Gasteiger partial charge in [0.2, 0.25) is 5.43 Å². The van der Waals surface area contributed by atoms with E-state index in [-0.39, 0.29) is 59.3 Å². The first-order chi connectivity index (χ1) is 17.9. The van der Waals surface area contributed by atoms with E-state index in [1.807, 2.05) is 0 Å². The molecule has 202 valence electrons. The van der Waals surface area contributed by atoms with Crippen LogP contribution < -0.4 is 35.0 Å². The third kappa shape index (κ3) is 9.44. The molecule has 9 heteroatoms. The molecule has 0 aliphatic rings. The summed E-state index contributed by atoms with van der Waals surface area (Å²) in [6.45, 7) is 6.05. The van der Waals surface area contributed by atoms with E-state index < -0.39 is 29.1 Å². The van der Waals surface area contributed by atoms with Crippen LogP contribution in [0.2, 0.25) is 0 Å². The van der Waals surface area contributed by atoms with Crippen molar-refractivity contribution in [3.63, 3.8) is 0 Å². The van der Waals surface area contributed by atoms with E-state index >= 15 is 4.39 Å². The van der Waals surface area contributed by atoms with Gasteiger partial charge in [-0.3, -0.25) is 14.0 Å². The Balaban J connectivity index is 0.00000722. The molecule has 0 bridgehead atoms. The first-order valence-corrected chi connectivity index (χ1v) is 13.4. The second-order valence-corrected chi connectivity index (χ2v) is 9.02. The molecule has 1 heterocycles. The van der Waals surface area contributed by atoms with Gasteiger partial charge in [-0.15, -0.1) is 11.6 Å². The van der Waals surface area contributed by atoms with E-state index in [9.17, 15) is 19.6 Å². The summed E-state index contributed by atoms with van der Waals surface area (Å²) in [5.74, 6) is -3.10. The van der Waals surface area contributed by atoms with Crippen molar-refractivity contribution in [2.75, 3.05) is 13.2 Å². The van der Waals surface area contributed by atoms with E-state index in [1.165, 1.54) is 50.8 Å². The van der Waals surface area contributed by atoms with E-state index in [0.29, 0.717) is 12.1 Å². The van der Waals surface area contributed by atoms with Gasteiger partial charge in [0.15, 0.2) is 0 Å². The van der Waals surface area contributed by atoms with Gasteiger partial charge in [0, 0.05) is 35.9 Å².